The third-order valence-electron chi connectivity index (χ3n) is 2.21. The summed E-state index contributed by atoms with van der Waals surface area (Å²) in [5, 5.41) is 11.9. The highest BCUT2D eigenvalue weighted by Gasteiger charge is 2.11. The second kappa shape index (κ2) is 8.92. The van der Waals surface area contributed by atoms with Crippen molar-refractivity contribution in [2.45, 2.75) is 25.8 Å². The molecule has 6 heteroatoms. The largest absolute Gasteiger partial charge is 0.396 e. The van der Waals surface area contributed by atoms with Crippen molar-refractivity contribution in [1.29, 1.82) is 0 Å². The molecule has 0 aliphatic heterocycles. The summed E-state index contributed by atoms with van der Waals surface area (Å²) in [6.07, 6.45) is 1.22. The zero-order chi connectivity index (χ0) is 12.4. The Labute approximate surface area is 98.1 Å². The highest BCUT2D eigenvalue weighted by molar-refractivity contribution is 7.91. The summed E-state index contributed by atoms with van der Waals surface area (Å²) in [6, 6.07) is 0.0202. The minimum absolute atomic E-state index is 0.0202. The molecule has 0 aromatic carbocycles. The van der Waals surface area contributed by atoms with Gasteiger partial charge in [-0.2, -0.15) is 0 Å². The van der Waals surface area contributed by atoms with Crippen LogP contribution in [-0.2, 0) is 14.6 Å². The molecule has 98 valence electrons. The van der Waals surface area contributed by atoms with E-state index in [0.717, 1.165) is 0 Å². The molecule has 1 unspecified atom stereocenters. The molecule has 0 saturated carbocycles. The van der Waals surface area contributed by atoms with E-state index in [2.05, 4.69) is 5.32 Å². The van der Waals surface area contributed by atoms with Crippen LogP contribution in [0.1, 0.15) is 19.8 Å². The third-order valence-corrected chi connectivity index (χ3v) is 4.06. The van der Waals surface area contributed by atoms with Gasteiger partial charge in [-0.15, -0.1) is 0 Å². The molecule has 1 atom stereocenters. The van der Waals surface area contributed by atoms with Gasteiger partial charge in [0, 0.05) is 32.1 Å². The summed E-state index contributed by atoms with van der Waals surface area (Å²) in [5.74, 6) is 0.385. The molecule has 2 N–H and O–H groups in total. The average Bonchev–Trinajstić information content (AvgIpc) is 2.18. The van der Waals surface area contributed by atoms with Crippen molar-refractivity contribution in [2.75, 3.05) is 38.4 Å². The second-order valence-corrected chi connectivity index (χ2v) is 6.07. The van der Waals surface area contributed by atoms with Gasteiger partial charge in [0.2, 0.25) is 0 Å². The van der Waals surface area contributed by atoms with Crippen molar-refractivity contribution in [3.8, 4) is 0 Å². The number of sulfone groups is 1. The van der Waals surface area contributed by atoms with Crippen LogP contribution in [0.4, 0.5) is 0 Å². The number of methoxy groups -OCH3 is 1. The highest BCUT2D eigenvalue weighted by atomic mass is 32.2. The monoisotopic (exact) mass is 253 g/mol. The molecule has 16 heavy (non-hydrogen) atoms. The van der Waals surface area contributed by atoms with Crippen LogP contribution in [0.2, 0.25) is 0 Å². The third kappa shape index (κ3) is 8.04. The van der Waals surface area contributed by atoms with E-state index < -0.39 is 9.84 Å². The van der Waals surface area contributed by atoms with E-state index in [9.17, 15) is 8.42 Å². The summed E-state index contributed by atoms with van der Waals surface area (Å²) >= 11 is 0. The maximum absolute atomic E-state index is 11.4. The summed E-state index contributed by atoms with van der Waals surface area (Å²) in [6.45, 7) is 2.82. The van der Waals surface area contributed by atoms with Crippen molar-refractivity contribution in [1.82, 2.24) is 5.32 Å². The molecule has 0 amide bonds. The van der Waals surface area contributed by atoms with Crippen molar-refractivity contribution in [3.05, 3.63) is 0 Å². The lowest BCUT2D eigenvalue weighted by molar-refractivity contribution is 0.149. The van der Waals surface area contributed by atoms with Gasteiger partial charge in [-0.1, -0.05) is 6.92 Å². The summed E-state index contributed by atoms with van der Waals surface area (Å²) in [5.41, 5.74) is 0. The minimum Gasteiger partial charge on any atom is -0.396 e. The van der Waals surface area contributed by atoms with Crippen molar-refractivity contribution in [3.63, 3.8) is 0 Å². The molecule has 0 rings (SSSR count). The maximum atomic E-state index is 11.4. The molecule has 0 saturated heterocycles. The van der Waals surface area contributed by atoms with Crippen LogP contribution >= 0.6 is 0 Å². The molecule has 0 aliphatic rings. The Hall–Kier alpha value is -0.170. The molecule has 0 bridgehead atoms. The molecular weight excluding hydrogens is 230 g/mol. The number of hydrogen-bond acceptors (Lipinski definition) is 5. The van der Waals surface area contributed by atoms with Crippen LogP contribution in [0.3, 0.4) is 0 Å². The first-order chi connectivity index (χ1) is 7.55. The van der Waals surface area contributed by atoms with Gasteiger partial charge >= 0.3 is 0 Å². The quantitative estimate of drug-likeness (QED) is 0.564. The lowest BCUT2D eigenvalue weighted by Crippen LogP contribution is -2.37. The van der Waals surface area contributed by atoms with Gasteiger partial charge in [-0.05, 0) is 12.8 Å². The van der Waals surface area contributed by atoms with Gasteiger partial charge in [-0.25, -0.2) is 8.42 Å². The zero-order valence-corrected chi connectivity index (χ0v) is 10.9. The smallest absolute Gasteiger partial charge is 0.151 e. The van der Waals surface area contributed by atoms with Crippen LogP contribution in [-0.4, -0.2) is 57.9 Å². The summed E-state index contributed by atoms with van der Waals surface area (Å²) < 4.78 is 27.8. The van der Waals surface area contributed by atoms with Crippen molar-refractivity contribution < 1.29 is 18.3 Å². The van der Waals surface area contributed by atoms with Gasteiger partial charge in [-0.3, -0.25) is 0 Å². The average molecular weight is 253 g/mol. The van der Waals surface area contributed by atoms with E-state index in [1.807, 2.05) is 6.92 Å². The molecule has 0 radical (unpaired) electrons. The predicted octanol–water partition coefficient (Wildman–Crippen LogP) is -0.202. The van der Waals surface area contributed by atoms with Crippen molar-refractivity contribution in [2.24, 2.45) is 0 Å². The van der Waals surface area contributed by atoms with Crippen LogP contribution in [0.25, 0.3) is 0 Å². The lowest BCUT2D eigenvalue weighted by Gasteiger charge is -2.16. The van der Waals surface area contributed by atoms with Crippen LogP contribution in [0.15, 0.2) is 0 Å². The first-order valence-electron chi connectivity index (χ1n) is 5.59. The number of aliphatic hydroxyl groups is 1. The Morgan fingerprint density at radius 1 is 1.38 bits per heavy atom. The van der Waals surface area contributed by atoms with E-state index in [-0.39, 0.29) is 24.2 Å². The number of nitrogens with one attached hydrogen (secondary N) is 1. The first kappa shape index (κ1) is 15.8. The fraction of sp³-hybridized carbons (Fsp3) is 1.00. The highest BCUT2D eigenvalue weighted by Crippen LogP contribution is 1.95. The molecule has 0 spiro atoms. The number of ether oxygens (including phenoxy) is 1. The molecular formula is C10H23NO4S. The van der Waals surface area contributed by atoms with Crippen molar-refractivity contribution >= 4 is 9.84 Å². The Morgan fingerprint density at radius 3 is 2.56 bits per heavy atom. The van der Waals surface area contributed by atoms with E-state index in [4.69, 9.17) is 9.84 Å². The topological polar surface area (TPSA) is 75.6 Å². The number of rotatable bonds is 10. The van der Waals surface area contributed by atoms with Gasteiger partial charge in [0.15, 0.2) is 9.84 Å². The molecule has 0 aromatic heterocycles. The van der Waals surface area contributed by atoms with E-state index in [1.54, 1.807) is 7.11 Å². The van der Waals surface area contributed by atoms with Gasteiger partial charge in [0.25, 0.3) is 0 Å². The maximum Gasteiger partial charge on any atom is 0.151 e. The zero-order valence-electron chi connectivity index (χ0n) is 10.1. The second-order valence-electron chi connectivity index (χ2n) is 3.77. The molecule has 5 nitrogen and oxygen atoms in total. The summed E-state index contributed by atoms with van der Waals surface area (Å²) in [4.78, 5) is 0. The Balaban J connectivity index is 3.84. The van der Waals surface area contributed by atoms with Gasteiger partial charge in [0.05, 0.1) is 12.4 Å². The minimum atomic E-state index is -2.92. The van der Waals surface area contributed by atoms with Gasteiger partial charge < -0.3 is 15.2 Å². The molecule has 0 aliphatic carbocycles. The first-order valence-corrected chi connectivity index (χ1v) is 7.41. The van der Waals surface area contributed by atoms with Gasteiger partial charge in [0.1, 0.15) is 0 Å². The number of hydrogen-bond donors (Lipinski definition) is 2. The van der Waals surface area contributed by atoms with Crippen LogP contribution in [0.5, 0.6) is 0 Å². The predicted molar refractivity (Wildman–Crippen MR) is 64.3 cm³/mol. The van der Waals surface area contributed by atoms with E-state index in [1.165, 1.54) is 0 Å². The Kier molecular flexibility index (Phi) is 8.83. The normalized spacial score (nSPS) is 13.9. The van der Waals surface area contributed by atoms with Crippen LogP contribution < -0.4 is 5.32 Å². The van der Waals surface area contributed by atoms with E-state index in [0.29, 0.717) is 26.0 Å². The SMILES string of the molecule is CCCS(=O)(=O)CCNC(CCO)COC. The fourth-order valence-corrected chi connectivity index (χ4v) is 2.69. The number of aliphatic hydroxyl groups excluding tert-OH is 1. The van der Waals surface area contributed by atoms with Crippen LogP contribution in [0, 0.1) is 0 Å². The molecule has 0 fully saturated rings. The Morgan fingerprint density at radius 2 is 2.06 bits per heavy atom. The Bertz CT molecular complexity index is 248. The molecule has 0 aromatic rings. The standard InChI is InChI=1S/C10H23NO4S/c1-3-7-16(13,14)8-5-11-10(4-6-12)9-15-2/h10-12H,3-9H2,1-2H3. The lowest BCUT2D eigenvalue weighted by atomic mass is 10.2. The molecule has 0 heterocycles. The van der Waals surface area contributed by atoms with E-state index >= 15 is 0 Å². The fourth-order valence-electron chi connectivity index (χ4n) is 1.43. The summed E-state index contributed by atoms with van der Waals surface area (Å²) in [7, 11) is -1.34.